The third-order valence-electron chi connectivity index (χ3n) is 18.1. The highest BCUT2D eigenvalue weighted by Gasteiger charge is 2.53. The fraction of sp³-hybridized carbons (Fsp3) is 0.146. The Morgan fingerprint density at radius 2 is 0.465 bits per heavy atom. The Morgan fingerprint density at radius 1 is 0.256 bits per heavy atom. The van der Waals surface area contributed by atoms with Crippen LogP contribution in [0.4, 0.5) is 62.6 Å². The van der Waals surface area contributed by atoms with Gasteiger partial charge < -0.3 is 19.6 Å². The average Bonchev–Trinajstić information content (AvgIpc) is 1.50. The van der Waals surface area contributed by atoms with E-state index in [0.717, 1.165) is 69.0 Å². The van der Waals surface area contributed by atoms with Crippen molar-refractivity contribution in [1.29, 1.82) is 0 Å². The summed E-state index contributed by atoms with van der Waals surface area (Å²) >= 11 is 0. The standard InChI is InChI=1S/C82H72N4/c1-54-10-24-61(25-11-54)83(62-26-12-55(2)13-27-62)69-38-42-73-74-43-39-70(84(63-28-14-56(3)15-29-63)64-30-16-57(4)17-31-64)51-78(74)82(77(73)50-69)79-52-71(85(65-32-18-58(5)19-33-65)66-34-20-59(6)21-35-66)40-44-75(79)76-45-41-72(53-80(76)82)86(67-36-22-60(7)23-37-67)68-46-48-81(8,9)49-47-68/h10-48,50-53H,49H2,1-9H3. The van der Waals surface area contributed by atoms with Crippen LogP contribution in [0.2, 0.25) is 0 Å². The number of rotatable bonds is 12. The predicted octanol–water partition coefficient (Wildman–Crippen LogP) is 22.6. The molecular formula is C82H72N4. The maximum Gasteiger partial charge on any atom is 0.0728 e. The van der Waals surface area contributed by atoms with Crippen LogP contribution < -0.4 is 19.6 Å². The summed E-state index contributed by atoms with van der Waals surface area (Å²) in [6.45, 7) is 19.8. The number of fused-ring (bicyclic) bond motifs is 10. The molecular weight excluding hydrogens is 1040 g/mol. The van der Waals surface area contributed by atoms with Crippen LogP contribution in [0.15, 0.2) is 267 Å². The molecule has 0 fully saturated rings. The third-order valence-corrected chi connectivity index (χ3v) is 18.1. The molecule has 0 aromatic heterocycles. The lowest BCUT2D eigenvalue weighted by Crippen LogP contribution is -2.27. The molecule has 1 spiro atoms. The summed E-state index contributed by atoms with van der Waals surface area (Å²) in [5.74, 6) is 0. The Morgan fingerprint density at radius 3 is 0.686 bits per heavy atom. The lowest BCUT2D eigenvalue weighted by Gasteiger charge is -2.35. The first-order valence-electron chi connectivity index (χ1n) is 30.3. The van der Waals surface area contributed by atoms with E-state index in [1.165, 1.54) is 89.1 Å². The van der Waals surface area contributed by atoms with E-state index in [1.807, 2.05) is 0 Å². The number of allylic oxidation sites excluding steroid dienone is 3. The number of nitrogens with zero attached hydrogens (tertiary/aromatic N) is 4. The summed E-state index contributed by atoms with van der Waals surface area (Å²) < 4.78 is 0. The van der Waals surface area contributed by atoms with Gasteiger partial charge in [-0.15, -0.1) is 0 Å². The molecule has 0 bridgehead atoms. The van der Waals surface area contributed by atoms with Gasteiger partial charge in [0.25, 0.3) is 0 Å². The molecule has 0 heterocycles. The minimum atomic E-state index is -0.838. The van der Waals surface area contributed by atoms with Crippen LogP contribution in [0.1, 0.15) is 81.5 Å². The van der Waals surface area contributed by atoms with Crippen molar-refractivity contribution in [2.24, 2.45) is 5.41 Å². The summed E-state index contributed by atoms with van der Waals surface area (Å²) in [4.78, 5) is 9.82. The van der Waals surface area contributed by atoms with E-state index >= 15 is 0 Å². The Bertz CT molecular complexity index is 4000. The smallest absolute Gasteiger partial charge is 0.0728 e. The maximum atomic E-state index is 2.55. The van der Waals surface area contributed by atoms with Gasteiger partial charge in [-0.3, -0.25) is 0 Å². The SMILES string of the molecule is Cc1ccc(N(C2=CCC(C)(C)C=C2)c2ccc3c(c2)C2(c4cc(N(c5ccc(C)cc5)c5ccc(C)cc5)ccc4-3)c3cc(N(c4ccc(C)cc4)c4ccc(C)cc4)ccc3-c3ccc(N(c4ccc(C)cc4)c4ccc(C)cc4)cc32)cc1. The van der Waals surface area contributed by atoms with Gasteiger partial charge in [-0.25, -0.2) is 0 Å². The van der Waals surface area contributed by atoms with Crippen LogP contribution in [-0.4, -0.2) is 0 Å². The Balaban J connectivity index is 1.10. The monoisotopic (exact) mass is 1110 g/mol. The van der Waals surface area contributed by atoms with E-state index in [9.17, 15) is 0 Å². The highest BCUT2D eigenvalue weighted by atomic mass is 15.2. The van der Waals surface area contributed by atoms with Crippen LogP contribution >= 0.6 is 0 Å². The summed E-state index contributed by atoms with van der Waals surface area (Å²) in [7, 11) is 0. The zero-order valence-corrected chi connectivity index (χ0v) is 50.8. The van der Waals surface area contributed by atoms with Crippen molar-refractivity contribution in [3.63, 3.8) is 0 Å². The van der Waals surface area contributed by atoms with Crippen molar-refractivity contribution in [1.82, 2.24) is 0 Å². The summed E-state index contributed by atoms with van der Waals surface area (Å²) in [5.41, 5.74) is 31.0. The molecule has 0 atom stereocenters. The second-order valence-electron chi connectivity index (χ2n) is 25.0. The molecule has 0 unspecified atom stereocenters. The van der Waals surface area contributed by atoms with Gasteiger partial charge in [-0.1, -0.05) is 174 Å². The number of anilines is 11. The molecule has 86 heavy (non-hydrogen) atoms. The molecule has 4 heteroatoms. The largest absolute Gasteiger partial charge is 0.311 e. The normalized spacial score (nSPS) is 13.8. The minimum Gasteiger partial charge on any atom is -0.311 e. The first-order chi connectivity index (χ1) is 41.7. The molecule has 420 valence electrons. The molecule has 11 aromatic rings. The summed E-state index contributed by atoms with van der Waals surface area (Å²) in [6.07, 6.45) is 8.10. The first kappa shape index (κ1) is 54.1. The highest BCUT2D eigenvalue weighted by molar-refractivity contribution is 6.00. The van der Waals surface area contributed by atoms with E-state index in [4.69, 9.17) is 0 Å². The maximum absolute atomic E-state index is 2.55. The lowest BCUT2D eigenvalue weighted by atomic mass is 9.70. The van der Waals surface area contributed by atoms with Crippen molar-refractivity contribution in [3.05, 3.63) is 328 Å². The zero-order valence-electron chi connectivity index (χ0n) is 50.8. The van der Waals surface area contributed by atoms with E-state index in [2.05, 4.69) is 343 Å². The van der Waals surface area contributed by atoms with Crippen molar-refractivity contribution in [3.8, 4) is 22.3 Å². The van der Waals surface area contributed by atoms with Gasteiger partial charge in [0.2, 0.25) is 0 Å². The molecule has 0 aliphatic heterocycles. The second-order valence-corrected chi connectivity index (χ2v) is 25.0. The molecule has 11 aromatic carbocycles. The van der Waals surface area contributed by atoms with Gasteiger partial charge in [0, 0.05) is 68.3 Å². The van der Waals surface area contributed by atoms with Crippen LogP contribution in [-0.2, 0) is 5.41 Å². The molecule has 0 N–H and O–H groups in total. The molecule has 3 aliphatic rings. The Labute approximate surface area is 508 Å². The lowest BCUT2D eigenvalue weighted by molar-refractivity contribution is 0.481. The average molecular weight is 1110 g/mol. The number of aryl methyl sites for hydroxylation is 7. The van der Waals surface area contributed by atoms with Gasteiger partial charge in [0.05, 0.1) is 5.41 Å². The van der Waals surface area contributed by atoms with Crippen LogP contribution in [0.3, 0.4) is 0 Å². The van der Waals surface area contributed by atoms with Gasteiger partial charge in [-0.05, 0) is 244 Å². The third kappa shape index (κ3) is 9.51. The van der Waals surface area contributed by atoms with Gasteiger partial charge in [0.1, 0.15) is 0 Å². The van der Waals surface area contributed by atoms with E-state index in [0.29, 0.717) is 0 Å². The molecule has 0 radical (unpaired) electrons. The number of hydrogen-bond donors (Lipinski definition) is 0. The molecule has 14 rings (SSSR count). The van der Waals surface area contributed by atoms with Crippen molar-refractivity contribution in [2.75, 3.05) is 19.6 Å². The second kappa shape index (κ2) is 21.3. The predicted molar refractivity (Wildman–Crippen MR) is 364 cm³/mol. The van der Waals surface area contributed by atoms with Crippen LogP contribution in [0.25, 0.3) is 22.3 Å². The molecule has 0 saturated carbocycles. The van der Waals surface area contributed by atoms with Crippen molar-refractivity contribution in [2.45, 2.75) is 74.1 Å². The van der Waals surface area contributed by atoms with E-state index < -0.39 is 5.41 Å². The fourth-order valence-corrected chi connectivity index (χ4v) is 13.4. The number of hydrogen-bond acceptors (Lipinski definition) is 4. The van der Waals surface area contributed by atoms with Gasteiger partial charge >= 0.3 is 0 Å². The number of benzene rings is 11. The fourth-order valence-electron chi connectivity index (χ4n) is 13.4. The Kier molecular flexibility index (Phi) is 13.4. The van der Waals surface area contributed by atoms with Crippen LogP contribution in [0, 0.1) is 53.9 Å². The van der Waals surface area contributed by atoms with E-state index in [-0.39, 0.29) is 5.41 Å². The minimum absolute atomic E-state index is 0.0532. The quantitative estimate of drug-likeness (QED) is 0.121. The topological polar surface area (TPSA) is 13.0 Å². The van der Waals surface area contributed by atoms with Gasteiger partial charge in [0.15, 0.2) is 0 Å². The van der Waals surface area contributed by atoms with Gasteiger partial charge in [-0.2, -0.15) is 0 Å². The van der Waals surface area contributed by atoms with Crippen LogP contribution in [0.5, 0.6) is 0 Å². The van der Waals surface area contributed by atoms with E-state index in [1.54, 1.807) is 0 Å². The summed E-state index contributed by atoms with van der Waals surface area (Å²) in [5, 5.41) is 0. The first-order valence-corrected chi connectivity index (χ1v) is 30.3. The van der Waals surface area contributed by atoms with Crippen molar-refractivity contribution >= 4 is 62.6 Å². The molecule has 4 nitrogen and oxygen atoms in total. The molecule has 3 aliphatic carbocycles. The van der Waals surface area contributed by atoms with Crippen molar-refractivity contribution < 1.29 is 0 Å². The zero-order chi connectivity index (χ0) is 59.0. The molecule has 0 saturated heterocycles. The highest BCUT2D eigenvalue weighted by Crippen LogP contribution is 2.65. The Hall–Kier alpha value is -9.90. The summed E-state index contributed by atoms with van der Waals surface area (Å²) in [6, 6.07) is 92.3. The molecule has 0 amide bonds.